The maximum atomic E-state index is 13.1. The van der Waals surface area contributed by atoms with Gasteiger partial charge in [0, 0.05) is 58.0 Å². The maximum Gasteiger partial charge on any atom is 0.225 e. The fraction of sp³-hybridized carbons (Fsp3) is 0.636. The van der Waals surface area contributed by atoms with Crippen LogP contribution < -0.4 is 4.90 Å². The van der Waals surface area contributed by atoms with Gasteiger partial charge in [0.15, 0.2) is 0 Å². The van der Waals surface area contributed by atoms with Gasteiger partial charge in [-0.1, -0.05) is 0 Å². The van der Waals surface area contributed by atoms with Crippen molar-refractivity contribution in [2.75, 3.05) is 32.1 Å². The number of aromatic nitrogens is 4. The van der Waals surface area contributed by atoms with Crippen molar-refractivity contribution in [3.05, 3.63) is 34.4 Å². The van der Waals surface area contributed by atoms with E-state index < -0.39 is 0 Å². The van der Waals surface area contributed by atoms with Gasteiger partial charge in [0.2, 0.25) is 11.9 Å². The Morgan fingerprint density at radius 1 is 1.28 bits per heavy atom. The molecule has 4 rings (SSSR count). The number of piperidine rings is 1. The second kappa shape index (κ2) is 7.43. The summed E-state index contributed by atoms with van der Waals surface area (Å²) in [6, 6.07) is 0. The normalized spacial score (nSPS) is 20.9. The number of amides is 1. The monoisotopic (exact) mass is 396 g/mol. The number of rotatable bonds is 4. The molecule has 1 saturated heterocycles. The predicted molar refractivity (Wildman–Crippen MR) is 113 cm³/mol. The van der Waals surface area contributed by atoms with Gasteiger partial charge < -0.3 is 9.80 Å². The Morgan fingerprint density at radius 2 is 2.07 bits per heavy atom. The number of fused-ring (bicyclic) bond motifs is 2. The average Bonchev–Trinajstić information content (AvgIpc) is 3.16. The molecule has 0 bridgehead atoms. The minimum Gasteiger partial charge on any atom is -0.347 e. The quantitative estimate of drug-likeness (QED) is 0.794. The van der Waals surface area contributed by atoms with Crippen molar-refractivity contribution in [2.45, 2.75) is 57.8 Å². The van der Waals surface area contributed by atoms with E-state index in [4.69, 9.17) is 4.98 Å². The van der Waals surface area contributed by atoms with Crippen LogP contribution in [0.25, 0.3) is 0 Å². The van der Waals surface area contributed by atoms with E-state index in [1.807, 2.05) is 43.8 Å². The second-order valence-electron chi connectivity index (χ2n) is 8.91. The Morgan fingerprint density at radius 3 is 2.76 bits per heavy atom. The van der Waals surface area contributed by atoms with E-state index in [1.165, 1.54) is 16.8 Å². The first-order valence-electron chi connectivity index (χ1n) is 10.6. The SMILES string of the molecule is Cc1nn(C)c(C)c1CCC(=O)N1CCCC2(CCc3cnc(N(C)C)nc32)C1. The molecule has 1 spiro atoms. The molecule has 1 fully saturated rings. The van der Waals surface area contributed by atoms with Gasteiger partial charge in [-0.05, 0) is 57.1 Å². The topological polar surface area (TPSA) is 67.2 Å². The van der Waals surface area contributed by atoms with Crippen molar-refractivity contribution in [2.24, 2.45) is 7.05 Å². The van der Waals surface area contributed by atoms with Gasteiger partial charge in [-0.2, -0.15) is 5.10 Å². The smallest absolute Gasteiger partial charge is 0.225 e. The van der Waals surface area contributed by atoms with Gasteiger partial charge in [0.1, 0.15) is 0 Å². The van der Waals surface area contributed by atoms with Crippen LogP contribution in [-0.4, -0.2) is 57.7 Å². The van der Waals surface area contributed by atoms with Crippen molar-refractivity contribution in [1.82, 2.24) is 24.6 Å². The lowest BCUT2D eigenvalue weighted by atomic mass is 9.77. The van der Waals surface area contributed by atoms with Crippen LogP contribution in [0, 0.1) is 13.8 Å². The lowest BCUT2D eigenvalue weighted by Crippen LogP contribution is -2.48. The van der Waals surface area contributed by atoms with Gasteiger partial charge in [0.05, 0.1) is 11.4 Å². The second-order valence-corrected chi connectivity index (χ2v) is 8.91. The number of hydrogen-bond acceptors (Lipinski definition) is 5. The Hall–Kier alpha value is -2.44. The summed E-state index contributed by atoms with van der Waals surface area (Å²) >= 11 is 0. The van der Waals surface area contributed by atoms with Crippen LogP contribution in [0.15, 0.2) is 6.20 Å². The summed E-state index contributed by atoms with van der Waals surface area (Å²) in [7, 11) is 5.91. The van der Waals surface area contributed by atoms with Gasteiger partial charge in [0.25, 0.3) is 0 Å². The molecule has 1 unspecified atom stereocenters. The Bertz CT molecular complexity index is 930. The molecule has 0 N–H and O–H groups in total. The van der Waals surface area contributed by atoms with Gasteiger partial charge in [-0.15, -0.1) is 0 Å². The highest BCUT2D eigenvalue weighted by Crippen LogP contribution is 2.44. The lowest BCUT2D eigenvalue weighted by molar-refractivity contribution is -0.133. The van der Waals surface area contributed by atoms with Crippen LogP contribution in [0.3, 0.4) is 0 Å². The summed E-state index contributed by atoms with van der Waals surface area (Å²) in [5, 5.41) is 4.48. The third-order valence-electron chi connectivity index (χ3n) is 6.80. The number of carbonyl (C=O) groups excluding carboxylic acids is 1. The molecule has 1 aliphatic heterocycles. The highest BCUT2D eigenvalue weighted by Gasteiger charge is 2.44. The third-order valence-corrected chi connectivity index (χ3v) is 6.80. The van der Waals surface area contributed by atoms with Crippen molar-refractivity contribution in [3.63, 3.8) is 0 Å². The molecule has 0 aromatic carbocycles. The zero-order valence-corrected chi connectivity index (χ0v) is 18.3. The molecule has 29 heavy (non-hydrogen) atoms. The summed E-state index contributed by atoms with van der Waals surface area (Å²) in [6.45, 7) is 5.74. The van der Waals surface area contributed by atoms with Gasteiger partial charge >= 0.3 is 0 Å². The molecule has 7 heteroatoms. The van der Waals surface area contributed by atoms with E-state index in [-0.39, 0.29) is 11.3 Å². The van der Waals surface area contributed by atoms with Crippen LogP contribution in [0.4, 0.5) is 5.95 Å². The molecule has 1 amide bonds. The largest absolute Gasteiger partial charge is 0.347 e. The molecule has 1 aliphatic carbocycles. The zero-order valence-electron chi connectivity index (χ0n) is 18.3. The number of aryl methyl sites for hydroxylation is 3. The average molecular weight is 397 g/mol. The molecule has 1 atom stereocenters. The molecule has 2 aromatic heterocycles. The van der Waals surface area contributed by atoms with E-state index in [0.29, 0.717) is 6.42 Å². The fourth-order valence-corrected chi connectivity index (χ4v) is 5.06. The predicted octanol–water partition coefficient (Wildman–Crippen LogP) is 2.33. The molecule has 0 saturated carbocycles. The van der Waals surface area contributed by atoms with Crippen LogP contribution in [0.5, 0.6) is 0 Å². The number of carbonyl (C=O) groups is 1. The van der Waals surface area contributed by atoms with Gasteiger partial charge in [-0.25, -0.2) is 9.97 Å². The van der Waals surface area contributed by atoms with Crippen LogP contribution >= 0.6 is 0 Å². The lowest BCUT2D eigenvalue weighted by Gasteiger charge is -2.40. The summed E-state index contributed by atoms with van der Waals surface area (Å²) in [5.74, 6) is 1.01. The van der Waals surface area contributed by atoms with Crippen molar-refractivity contribution >= 4 is 11.9 Å². The molecular weight excluding hydrogens is 364 g/mol. The standard InChI is InChI=1S/C22H32N6O/c1-15-18(16(2)27(5)25-15)7-8-19(29)28-12-6-10-22(14-28)11-9-17-13-23-21(26(3)4)24-20(17)22/h13H,6-12,14H2,1-5H3. The highest BCUT2D eigenvalue weighted by molar-refractivity contribution is 5.77. The molecule has 7 nitrogen and oxygen atoms in total. The van der Waals surface area contributed by atoms with Crippen molar-refractivity contribution in [1.29, 1.82) is 0 Å². The summed E-state index contributed by atoms with van der Waals surface area (Å²) < 4.78 is 1.91. The Balaban J connectivity index is 1.49. The third kappa shape index (κ3) is 3.51. The molecule has 3 heterocycles. The molecular formula is C22H32N6O. The van der Waals surface area contributed by atoms with E-state index in [1.54, 1.807) is 0 Å². The number of hydrogen-bond donors (Lipinski definition) is 0. The zero-order chi connectivity index (χ0) is 20.8. The van der Waals surface area contributed by atoms with Crippen LogP contribution in [-0.2, 0) is 30.1 Å². The number of likely N-dealkylation sites (tertiary alicyclic amines) is 1. The number of nitrogens with zero attached hydrogens (tertiary/aromatic N) is 6. The van der Waals surface area contributed by atoms with Crippen LogP contribution in [0.2, 0.25) is 0 Å². The fourth-order valence-electron chi connectivity index (χ4n) is 5.06. The molecule has 2 aromatic rings. The van der Waals surface area contributed by atoms with Crippen molar-refractivity contribution in [3.8, 4) is 0 Å². The first-order chi connectivity index (χ1) is 13.8. The number of anilines is 1. The summed E-state index contributed by atoms with van der Waals surface area (Å²) in [6.07, 6.45) is 7.52. The van der Waals surface area contributed by atoms with Crippen molar-refractivity contribution < 1.29 is 4.79 Å². The molecule has 0 radical (unpaired) electrons. The van der Waals surface area contributed by atoms with Crippen LogP contribution in [0.1, 0.15) is 53.9 Å². The van der Waals surface area contributed by atoms with E-state index in [2.05, 4.69) is 21.9 Å². The van der Waals surface area contributed by atoms with E-state index in [0.717, 1.165) is 62.5 Å². The summed E-state index contributed by atoms with van der Waals surface area (Å²) in [5.41, 5.74) is 5.83. The maximum absolute atomic E-state index is 13.1. The highest BCUT2D eigenvalue weighted by atomic mass is 16.2. The summed E-state index contributed by atoms with van der Waals surface area (Å²) in [4.78, 5) is 26.5. The first-order valence-corrected chi connectivity index (χ1v) is 10.6. The van der Waals surface area contributed by atoms with E-state index in [9.17, 15) is 4.79 Å². The molecule has 2 aliphatic rings. The Labute approximate surface area is 173 Å². The Kier molecular flexibility index (Phi) is 5.09. The minimum absolute atomic E-state index is 0.00290. The molecule has 156 valence electrons. The first kappa shape index (κ1) is 19.9. The minimum atomic E-state index is -0.00290. The van der Waals surface area contributed by atoms with Gasteiger partial charge in [-0.3, -0.25) is 9.48 Å². The van der Waals surface area contributed by atoms with E-state index >= 15 is 0 Å².